The molecule has 0 fully saturated rings. The Hall–Kier alpha value is -0.606. The van der Waals surface area contributed by atoms with Crippen LogP contribution in [0.3, 0.4) is 0 Å². The molecule has 0 unspecified atom stereocenters. The zero-order chi connectivity index (χ0) is 10.7. The van der Waals surface area contributed by atoms with Crippen molar-refractivity contribution in [1.82, 2.24) is 0 Å². The number of rotatable bonds is 3. The fraction of sp³-hybridized carbons (Fsp3) is 0.333. The first-order valence-corrected chi connectivity index (χ1v) is 9.93. The molecular weight excluding hydrogens is 200 g/mol. The van der Waals surface area contributed by atoms with Crippen LogP contribution in [0.1, 0.15) is 5.56 Å². The van der Waals surface area contributed by atoms with E-state index in [9.17, 15) is 0 Å². The highest BCUT2D eigenvalue weighted by Gasteiger charge is 2.08. The summed E-state index contributed by atoms with van der Waals surface area (Å²) < 4.78 is 0. The molecule has 2 heteroatoms. The predicted molar refractivity (Wildman–Crippen MR) is 70.8 cm³/mol. The summed E-state index contributed by atoms with van der Waals surface area (Å²) in [6.45, 7) is 13.2. The number of hydrogen-bond acceptors (Lipinski definition) is 0. The molecule has 0 heterocycles. The van der Waals surface area contributed by atoms with Gasteiger partial charge in [0, 0.05) is 0 Å². The van der Waals surface area contributed by atoms with Gasteiger partial charge in [0.1, 0.15) is 0 Å². The lowest BCUT2D eigenvalue weighted by atomic mass is 10.2. The lowest BCUT2D eigenvalue weighted by Gasteiger charge is -2.12. The van der Waals surface area contributed by atoms with Crippen molar-refractivity contribution in [2.45, 2.75) is 26.2 Å². The Morgan fingerprint density at radius 2 is 1.71 bits per heavy atom. The third-order valence-corrected chi connectivity index (χ3v) is 5.37. The summed E-state index contributed by atoms with van der Waals surface area (Å²) in [5, 5.41) is 3.08. The van der Waals surface area contributed by atoms with Crippen molar-refractivity contribution in [3.63, 3.8) is 0 Å². The van der Waals surface area contributed by atoms with Crippen LogP contribution in [0.2, 0.25) is 26.2 Å². The fourth-order valence-corrected chi connectivity index (χ4v) is 3.68. The summed E-state index contributed by atoms with van der Waals surface area (Å²) in [7, 11) is -0.674. The molecule has 0 aliphatic rings. The smallest absolute Gasteiger partial charge is 0.0799 e. The zero-order valence-electron chi connectivity index (χ0n) is 9.52. The van der Waals surface area contributed by atoms with Gasteiger partial charge in [0.2, 0.25) is 0 Å². The van der Waals surface area contributed by atoms with Crippen molar-refractivity contribution in [2.75, 3.05) is 0 Å². The van der Waals surface area contributed by atoms with Crippen LogP contribution in [-0.4, -0.2) is 17.6 Å². The Bertz CT molecular complexity index is 327. The van der Waals surface area contributed by atoms with Crippen LogP contribution < -0.4 is 10.4 Å². The molecule has 1 rings (SSSR count). The van der Waals surface area contributed by atoms with E-state index >= 15 is 0 Å². The molecule has 74 valence electrons. The average Bonchev–Trinajstić information content (AvgIpc) is 2.16. The van der Waals surface area contributed by atoms with Crippen LogP contribution in [0.15, 0.2) is 24.8 Å². The molecule has 0 amide bonds. The van der Waals surface area contributed by atoms with Gasteiger partial charge in [-0.1, -0.05) is 67.4 Å². The van der Waals surface area contributed by atoms with E-state index in [0.717, 1.165) is 0 Å². The SMILES string of the molecule is C=Cc1ccc([Si](C)C)cc1[Si](C)C. The Morgan fingerprint density at radius 3 is 2.14 bits per heavy atom. The highest BCUT2D eigenvalue weighted by atomic mass is 28.3. The van der Waals surface area contributed by atoms with E-state index in [2.05, 4.69) is 51.0 Å². The molecule has 0 atom stereocenters. The van der Waals surface area contributed by atoms with Crippen molar-refractivity contribution in [1.29, 1.82) is 0 Å². The normalized spacial score (nSPS) is 11.0. The van der Waals surface area contributed by atoms with E-state index in [1.807, 2.05) is 6.08 Å². The van der Waals surface area contributed by atoms with Crippen LogP contribution in [0, 0.1) is 0 Å². The Balaban J connectivity index is 3.20. The van der Waals surface area contributed by atoms with Crippen LogP contribution in [0.5, 0.6) is 0 Å². The summed E-state index contributed by atoms with van der Waals surface area (Å²) in [6.07, 6.45) is 1.98. The van der Waals surface area contributed by atoms with E-state index in [-0.39, 0.29) is 17.6 Å². The summed E-state index contributed by atoms with van der Waals surface area (Å²) >= 11 is 0. The highest BCUT2D eigenvalue weighted by Crippen LogP contribution is 2.00. The van der Waals surface area contributed by atoms with E-state index in [1.54, 1.807) is 5.19 Å². The second-order valence-electron chi connectivity index (χ2n) is 4.01. The number of benzene rings is 1. The van der Waals surface area contributed by atoms with E-state index in [0.29, 0.717) is 0 Å². The number of hydrogen-bond donors (Lipinski definition) is 0. The molecule has 0 spiro atoms. The molecule has 0 aliphatic carbocycles. The summed E-state index contributed by atoms with van der Waals surface area (Å²) in [5.74, 6) is 0. The maximum absolute atomic E-state index is 3.87. The molecule has 0 saturated heterocycles. The maximum Gasteiger partial charge on any atom is 0.0799 e. The van der Waals surface area contributed by atoms with Gasteiger partial charge in [0.05, 0.1) is 17.6 Å². The van der Waals surface area contributed by atoms with Crippen molar-refractivity contribution in [2.24, 2.45) is 0 Å². The van der Waals surface area contributed by atoms with Gasteiger partial charge in [0.25, 0.3) is 0 Å². The standard InChI is InChI=1S/C12H18Si2/c1-6-10-7-8-11(13(2)3)9-12(10)14(4)5/h6-9H,1H2,2-5H3. The lowest BCUT2D eigenvalue weighted by Crippen LogP contribution is -2.33. The zero-order valence-corrected chi connectivity index (χ0v) is 11.5. The van der Waals surface area contributed by atoms with Crippen LogP contribution >= 0.6 is 0 Å². The summed E-state index contributed by atoms with van der Waals surface area (Å²) in [6, 6.07) is 6.90. The Morgan fingerprint density at radius 1 is 1.07 bits per heavy atom. The average molecular weight is 218 g/mol. The Labute approximate surface area is 90.9 Å². The van der Waals surface area contributed by atoms with Crippen molar-refractivity contribution >= 4 is 34.0 Å². The van der Waals surface area contributed by atoms with Gasteiger partial charge in [-0.3, -0.25) is 0 Å². The second kappa shape index (κ2) is 4.76. The molecule has 0 aromatic heterocycles. The van der Waals surface area contributed by atoms with Gasteiger partial charge in [0.15, 0.2) is 0 Å². The maximum atomic E-state index is 3.87. The molecule has 0 aliphatic heterocycles. The fourth-order valence-electron chi connectivity index (χ4n) is 1.48. The second-order valence-corrected chi connectivity index (χ2v) is 9.12. The lowest BCUT2D eigenvalue weighted by molar-refractivity contribution is 1.72. The molecule has 0 bridgehead atoms. The third-order valence-electron chi connectivity index (χ3n) is 2.39. The van der Waals surface area contributed by atoms with Crippen molar-refractivity contribution < 1.29 is 0 Å². The van der Waals surface area contributed by atoms with E-state index in [1.165, 1.54) is 10.8 Å². The predicted octanol–water partition coefficient (Wildman–Crippen LogP) is 2.25. The van der Waals surface area contributed by atoms with Gasteiger partial charge < -0.3 is 0 Å². The van der Waals surface area contributed by atoms with Crippen molar-refractivity contribution in [3.05, 3.63) is 30.3 Å². The first kappa shape index (κ1) is 11.5. The minimum absolute atomic E-state index is 0.310. The first-order valence-electron chi connectivity index (χ1n) is 4.93. The first-order chi connectivity index (χ1) is 6.56. The molecule has 0 N–H and O–H groups in total. The van der Waals surface area contributed by atoms with Crippen molar-refractivity contribution in [3.8, 4) is 0 Å². The Kier molecular flexibility index (Phi) is 3.90. The molecule has 1 aromatic carbocycles. The molecule has 14 heavy (non-hydrogen) atoms. The van der Waals surface area contributed by atoms with E-state index in [4.69, 9.17) is 0 Å². The summed E-state index contributed by atoms with van der Waals surface area (Å²) in [4.78, 5) is 0. The topological polar surface area (TPSA) is 0 Å². The third kappa shape index (κ3) is 2.45. The monoisotopic (exact) mass is 218 g/mol. The van der Waals surface area contributed by atoms with Gasteiger partial charge in [-0.2, -0.15) is 0 Å². The molecule has 1 aromatic rings. The van der Waals surface area contributed by atoms with Gasteiger partial charge >= 0.3 is 0 Å². The van der Waals surface area contributed by atoms with Gasteiger partial charge in [-0.25, -0.2) is 0 Å². The molecule has 0 nitrogen and oxygen atoms in total. The minimum Gasteiger partial charge on any atom is -0.0985 e. The van der Waals surface area contributed by atoms with Gasteiger partial charge in [-0.15, -0.1) is 0 Å². The molecule has 2 radical (unpaired) electrons. The summed E-state index contributed by atoms with van der Waals surface area (Å²) in [5.41, 5.74) is 1.33. The highest BCUT2D eigenvalue weighted by molar-refractivity contribution is 6.74. The van der Waals surface area contributed by atoms with Crippen LogP contribution in [0.4, 0.5) is 0 Å². The molecule has 0 saturated carbocycles. The van der Waals surface area contributed by atoms with Crippen LogP contribution in [0.25, 0.3) is 6.08 Å². The van der Waals surface area contributed by atoms with Crippen LogP contribution in [-0.2, 0) is 0 Å². The van der Waals surface area contributed by atoms with E-state index < -0.39 is 0 Å². The minimum atomic E-state index is -0.364. The quantitative estimate of drug-likeness (QED) is 0.683. The molecular formula is C12H18Si2. The van der Waals surface area contributed by atoms with Gasteiger partial charge in [-0.05, 0) is 5.56 Å². The largest absolute Gasteiger partial charge is 0.0985 e.